The van der Waals surface area contributed by atoms with Crippen LogP contribution in [0.5, 0.6) is 11.5 Å². The topological polar surface area (TPSA) is 76.1 Å². The van der Waals surface area contributed by atoms with Crippen molar-refractivity contribution in [1.29, 1.82) is 0 Å². The van der Waals surface area contributed by atoms with Gasteiger partial charge in [0, 0.05) is 11.3 Å². The van der Waals surface area contributed by atoms with E-state index in [0.29, 0.717) is 40.8 Å². The van der Waals surface area contributed by atoms with Gasteiger partial charge in [0.05, 0.1) is 24.3 Å². The Labute approximate surface area is 218 Å². The van der Waals surface area contributed by atoms with Crippen LogP contribution in [0, 0.1) is 12.8 Å². The monoisotopic (exact) mass is 499 g/mol. The van der Waals surface area contributed by atoms with Gasteiger partial charge in [0.1, 0.15) is 17.3 Å². The van der Waals surface area contributed by atoms with Crippen molar-refractivity contribution in [2.45, 2.75) is 46.8 Å². The number of ketones is 1. The second-order valence-corrected chi connectivity index (χ2v) is 9.97. The minimum Gasteiger partial charge on any atom is -0.507 e. The molecule has 0 saturated carbocycles. The number of benzene rings is 3. The molecular formula is C31H33NO5. The van der Waals surface area contributed by atoms with Crippen LogP contribution in [-0.2, 0) is 9.59 Å². The summed E-state index contributed by atoms with van der Waals surface area (Å²) in [4.78, 5) is 28.1. The average Bonchev–Trinajstić information content (AvgIpc) is 3.13. The molecule has 0 spiro atoms. The highest BCUT2D eigenvalue weighted by molar-refractivity contribution is 6.51. The number of nitrogens with zero attached hydrogens (tertiary/aromatic N) is 1. The molecule has 1 aliphatic heterocycles. The molecule has 0 radical (unpaired) electrons. The van der Waals surface area contributed by atoms with E-state index in [1.54, 1.807) is 24.3 Å². The number of carbonyl (C=O) groups excluding carboxylic acids is 2. The highest BCUT2D eigenvalue weighted by Crippen LogP contribution is 2.42. The van der Waals surface area contributed by atoms with Gasteiger partial charge in [-0.1, -0.05) is 43.7 Å². The number of rotatable bonds is 8. The molecule has 3 aromatic rings. The molecule has 1 atom stereocenters. The van der Waals surface area contributed by atoms with Gasteiger partial charge in [0.2, 0.25) is 0 Å². The summed E-state index contributed by atoms with van der Waals surface area (Å²) in [6.07, 6.45) is 0.00627. The summed E-state index contributed by atoms with van der Waals surface area (Å²) >= 11 is 0. The van der Waals surface area contributed by atoms with E-state index in [1.165, 1.54) is 4.90 Å². The van der Waals surface area contributed by atoms with Crippen molar-refractivity contribution in [2.75, 3.05) is 11.5 Å². The summed E-state index contributed by atoms with van der Waals surface area (Å²) in [7, 11) is 0. The Morgan fingerprint density at radius 2 is 1.46 bits per heavy atom. The van der Waals surface area contributed by atoms with E-state index in [4.69, 9.17) is 9.47 Å². The van der Waals surface area contributed by atoms with Crippen molar-refractivity contribution in [3.8, 4) is 11.5 Å². The van der Waals surface area contributed by atoms with E-state index in [1.807, 2.05) is 69.3 Å². The first-order valence-corrected chi connectivity index (χ1v) is 12.5. The summed E-state index contributed by atoms with van der Waals surface area (Å²) in [6.45, 7) is 10.5. The molecule has 6 nitrogen and oxygen atoms in total. The molecule has 1 aliphatic rings. The zero-order valence-corrected chi connectivity index (χ0v) is 21.9. The Balaban J connectivity index is 1.80. The summed E-state index contributed by atoms with van der Waals surface area (Å²) in [5, 5.41) is 11.3. The van der Waals surface area contributed by atoms with Crippen LogP contribution in [-0.4, -0.2) is 29.5 Å². The maximum Gasteiger partial charge on any atom is 0.300 e. The predicted molar refractivity (Wildman–Crippen MR) is 145 cm³/mol. The van der Waals surface area contributed by atoms with Crippen LogP contribution in [0.1, 0.15) is 50.4 Å². The zero-order chi connectivity index (χ0) is 26.7. The molecule has 3 aromatic carbocycles. The van der Waals surface area contributed by atoms with Crippen LogP contribution in [0.2, 0.25) is 0 Å². The molecule has 0 aliphatic carbocycles. The Kier molecular flexibility index (Phi) is 7.67. The number of hydrogen-bond donors (Lipinski definition) is 1. The fourth-order valence-corrected chi connectivity index (χ4v) is 4.25. The van der Waals surface area contributed by atoms with E-state index in [2.05, 4.69) is 13.8 Å². The third kappa shape index (κ3) is 5.69. The number of ether oxygens (including phenoxy) is 2. The molecule has 1 unspecified atom stereocenters. The minimum atomic E-state index is -0.798. The molecule has 6 heteroatoms. The van der Waals surface area contributed by atoms with Crippen LogP contribution < -0.4 is 14.4 Å². The first kappa shape index (κ1) is 26.0. The lowest BCUT2D eigenvalue weighted by Crippen LogP contribution is -2.29. The molecule has 1 saturated heterocycles. The van der Waals surface area contributed by atoms with Crippen LogP contribution in [0.25, 0.3) is 5.76 Å². The quantitative estimate of drug-likeness (QED) is 0.219. The Morgan fingerprint density at radius 1 is 0.865 bits per heavy atom. The lowest BCUT2D eigenvalue weighted by atomic mass is 9.95. The summed E-state index contributed by atoms with van der Waals surface area (Å²) in [6, 6.07) is 20.8. The maximum absolute atomic E-state index is 13.4. The number of aliphatic hydroxyl groups excluding tert-OH is 1. The molecule has 192 valence electrons. The highest BCUT2D eigenvalue weighted by Gasteiger charge is 2.47. The molecule has 0 bridgehead atoms. The van der Waals surface area contributed by atoms with Gasteiger partial charge in [-0.05, 0) is 80.8 Å². The number of amides is 1. The van der Waals surface area contributed by atoms with Gasteiger partial charge in [0.25, 0.3) is 11.7 Å². The van der Waals surface area contributed by atoms with Crippen molar-refractivity contribution in [3.63, 3.8) is 0 Å². The van der Waals surface area contributed by atoms with Crippen LogP contribution in [0.15, 0.2) is 78.4 Å². The normalized spacial score (nSPS) is 17.1. The third-order valence-electron chi connectivity index (χ3n) is 6.04. The van der Waals surface area contributed by atoms with Crippen molar-refractivity contribution in [1.82, 2.24) is 0 Å². The first-order valence-electron chi connectivity index (χ1n) is 12.5. The molecule has 1 fully saturated rings. The number of hydrogen-bond acceptors (Lipinski definition) is 5. The maximum atomic E-state index is 13.4. The van der Waals surface area contributed by atoms with Gasteiger partial charge < -0.3 is 14.6 Å². The molecule has 1 N–H and O–H groups in total. The van der Waals surface area contributed by atoms with E-state index in [-0.39, 0.29) is 17.4 Å². The van der Waals surface area contributed by atoms with Gasteiger partial charge in [-0.15, -0.1) is 0 Å². The zero-order valence-electron chi connectivity index (χ0n) is 21.9. The third-order valence-corrected chi connectivity index (χ3v) is 6.04. The van der Waals surface area contributed by atoms with Gasteiger partial charge in [-0.2, -0.15) is 0 Å². The number of carbonyl (C=O) groups is 2. The van der Waals surface area contributed by atoms with E-state index in [9.17, 15) is 14.7 Å². The Hall–Kier alpha value is -4.06. The van der Waals surface area contributed by atoms with E-state index >= 15 is 0 Å². The summed E-state index contributed by atoms with van der Waals surface area (Å²) in [5.41, 5.74) is 2.78. The molecule has 1 heterocycles. The van der Waals surface area contributed by atoms with Gasteiger partial charge in [-0.25, -0.2) is 0 Å². The van der Waals surface area contributed by atoms with Crippen molar-refractivity contribution in [2.24, 2.45) is 5.92 Å². The Bertz CT molecular complexity index is 1290. The predicted octanol–water partition coefficient (Wildman–Crippen LogP) is 6.44. The number of anilines is 1. The molecule has 37 heavy (non-hydrogen) atoms. The molecule has 0 aromatic heterocycles. The van der Waals surface area contributed by atoms with Crippen molar-refractivity contribution >= 4 is 23.1 Å². The fourth-order valence-electron chi connectivity index (χ4n) is 4.25. The smallest absolute Gasteiger partial charge is 0.300 e. The molecular weight excluding hydrogens is 466 g/mol. The lowest BCUT2D eigenvalue weighted by Gasteiger charge is -2.26. The van der Waals surface area contributed by atoms with Gasteiger partial charge in [0.15, 0.2) is 0 Å². The van der Waals surface area contributed by atoms with Crippen molar-refractivity contribution in [3.05, 3.63) is 95.1 Å². The van der Waals surface area contributed by atoms with Gasteiger partial charge >= 0.3 is 0 Å². The summed E-state index contributed by atoms with van der Waals surface area (Å²) in [5.74, 6) is 0.0893. The molecule has 1 amide bonds. The fraction of sp³-hybridized carbons (Fsp3) is 0.290. The molecule has 4 rings (SSSR count). The van der Waals surface area contributed by atoms with E-state index in [0.717, 1.165) is 5.56 Å². The number of aliphatic hydroxyl groups is 1. The number of Topliss-reactive ketones (excluding diaryl/α,β-unsaturated/α-hetero) is 1. The lowest BCUT2D eigenvalue weighted by molar-refractivity contribution is -0.132. The van der Waals surface area contributed by atoms with Crippen LogP contribution >= 0.6 is 0 Å². The minimum absolute atomic E-state index is 0.00627. The van der Waals surface area contributed by atoms with Crippen LogP contribution in [0.4, 0.5) is 5.69 Å². The number of aryl methyl sites for hydroxylation is 1. The van der Waals surface area contributed by atoms with Crippen LogP contribution in [0.3, 0.4) is 0 Å². The average molecular weight is 500 g/mol. The second-order valence-electron chi connectivity index (χ2n) is 9.97. The highest BCUT2D eigenvalue weighted by atomic mass is 16.5. The second kappa shape index (κ2) is 10.9. The van der Waals surface area contributed by atoms with Gasteiger partial charge in [-0.3, -0.25) is 14.5 Å². The van der Waals surface area contributed by atoms with E-state index < -0.39 is 17.7 Å². The largest absolute Gasteiger partial charge is 0.507 e. The van der Waals surface area contributed by atoms with Crippen molar-refractivity contribution < 1.29 is 24.2 Å². The Morgan fingerprint density at radius 3 is 2.03 bits per heavy atom. The standard InChI is InChI=1S/C31H33NO5/c1-19(2)18-36-25-14-8-22(9-15-25)28-27(29(33)23-10-16-26(17-11-23)37-20(3)4)30(34)31(35)32(28)24-12-6-21(5)7-13-24/h6-17,19-20,28,33H,18H2,1-5H3/b29-27+. The SMILES string of the molecule is Cc1ccc(N2C(=O)C(=O)/C(=C(/O)c3ccc(OC(C)C)cc3)C2c2ccc(OCC(C)C)cc2)cc1. The first-order chi connectivity index (χ1) is 17.7. The summed E-state index contributed by atoms with van der Waals surface area (Å²) < 4.78 is 11.5.